The van der Waals surface area contributed by atoms with Crippen molar-refractivity contribution in [2.24, 2.45) is 5.16 Å². The Bertz CT molecular complexity index is 1050. The summed E-state index contributed by atoms with van der Waals surface area (Å²) in [6.07, 6.45) is -0.535. The van der Waals surface area contributed by atoms with E-state index in [9.17, 15) is 4.79 Å². The Hall–Kier alpha value is -3.18. The molecule has 0 N–H and O–H groups in total. The molecule has 0 bridgehead atoms. The van der Waals surface area contributed by atoms with Crippen LogP contribution in [0.1, 0.15) is 25.8 Å². The van der Waals surface area contributed by atoms with Crippen molar-refractivity contribution in [3.8, 4) is 5.88 Å². The molecule has 2 saturated heterocycles. The van der Waals surface area contributed by atoms with Gasteiger partial charge in [-0.3, -0.25) is 4.79 Å². The molecule has 1 aromatic heterocycles. The predicted octanol–water partition coefficient (Wildman–Crippen LogP) is 2.34. The van der Waals surface area contributed by atoms with Gasteiger partial charge in [-0.2, -0.15) is 0 Å². The average molecular weight is 474 g/mol. The Kier molecular flexibility index (Phi) is 6.13. The van der Waals surface area contributed by atoms with Crippen LogP contribution in [0.5, 0.6) is 5.88 Å². The Labute approximate surface area is 196 Å². The summed E-state index contributed by atoms with van der Waals surface area (Å²) >= 11 is 0. The summed E-state index contributed by atoms with van der Waals surface area (Å²) in [5.41, 5.74) is 2.48. The van der Waals surface area contributed by atoms with Crippen LogP contribution in [0, 0.1) is 0 Å². The molecule has 1 amide bonds. The first-order valence-electron chi connectivity index (χ1n) is 11.3. The van der Waals surface area contributed by atoms with E-state index in [-0.39, 0.29) is 38.3 Å². The second-order valence-electron chi connectivity index (χ2n) is 8.86. The third-order valence-electron chi connectivity index (χ3n) is 6.01. The molecule has 0 saturated carbocycles. The number of para-hydroxylation sites is 1. The maximum absolute atomic E-state index is 15.2. The fourth-order valence-electron chi connectivity index (χ4n) is 4.33. The van der Waals surface area contributed by atoms with Gasteiger partial charge in [0.2, 0.25) is 0 Å². The Morgan fingerprint density at radius 1 is 1.26 bits per heavy atom. The highest BCUT2D eigenvalue weighted by atomic mass is 19.1. The standard InChI is InChI=1S/C23H27FN4O6/c1-23(2)31-14-19(33-23)22(29)28-9-8-27(12-20(28)24)18-6-4-3-5-16(18)17-11-15(34-25-17)13-30-21-7-10-32-26-21/h3-7,10,15,19-20H,8-9,11-14H2,1-2H3/t15?,19-,20?/m0/s1. The summed E-state index contributed by atoms with van der Waals surface area (Å²) < 4.78 is 36.6. The number of hydrogen-bond acceptors (Lipinski definition) is 9. The molecule has 5 rings (SSSR count). The molecule has 182 valence electrons. The van der Waals surface area contributed by atoms with Gasteiger partial charge in [0.1, 0.15) is 12.9 Å². The monoisotopic (exact) mass is 474 g/mol. The van der Waals surface area contributed by atoms with Crippen LogP contribution in [0.2, 0.25) is 0 Å². The topological polar surface area (TPSA) is 98.9 Å². The van der Waals surface area contributed by atoms with Crippen molar-refractivity contribution in [1.82, 2.24) is 10.1 Å². The van der Waals surface area contributed by atoms with Crippen molar-refractivity contribution in [3.63, 3.8) is 0 Å². The van der Waals surface area contributed by atoms with E-state index in [1.165, 1.54) is 11.2 Å². The van der Waals surface area contributed by atoms with Crippen molar-refractivity contribution in [2.45, 2.75) is 44.6 Å². The van der Waals surface area contributed by atoms with Crippen molar-refractivity contribution < 1.29 is 32.8 Å². The van der Waals surface area contributed by atoms with E-state index in [4.69, 9.17) is 23.6 Å². The van der Waals surface area contributed by atoms with E-state index in [2.05, 4.69) is 10.3 Å². The van der Waals surface area contributed by atoms with Crippen molar-refractivity contribution in [1.29, 1.82) is 0 Å². The van der Waals surface area contributed by atoms with E-state index in [1.807, 2.05) is 29.2 Å². The third kappa shape index (κ3) is 4.71. The number of ether oxygens (including phenoxy) is 3. The lowest BCUT2D eigenvalue weighted by Crippen LogP contribution is -2.56. The highest BCUT2D eigenvalue weighted by Gasteiger charge is 2.42. The minimum atomic E-state index is -1.47. The zero-order valence-electron chi connectivity index (χ0n) is 19.1. The van der Waals surface area contributed by atoms with Crippen LogP contribution in [-0.2, 0) is 19.1 Å². The Morgan fingerprint density at radius 3 is 2.85 bits per heavy atom. The zero-order valence-corrected chi connectivity index (χ0v) is 19.1. The number of rotatable bonds is 6. The molecule has 34 heavy (non-hydrogen) atoms. The molecule has 10 nitrogen and oxygen atoms in total. The average Bonchev–Trinajstić information content (AvgIpc) is 3.58. The van der Waals surface area contributed by atoms with Crippen LogP contribution in [0.4, 0.5) is 10.1 Å². The number of oxime groups is 1. The molecule has 0 spiro atoms. The van der Waals surface area contributed by atoms with E-state index in [1.54, 1.807) is 19.9 Å². The Morgan fingerprint density at radius 2 is 2.12 bits per heavy atom. The number of nitrogens with zero attached hydrogens (tertiary/aromatic N) is 4. The number of halogens is 1. The van der Waals surface area contributed by atoms with Gasteiger partial charge in [0, 0.05) is 36.8 Å². The molecule has 11 heteroatoms. The summed E-state index contributed by atoms with van der Waals surface area (Å²) in [6, 6.07) is 9.30. The van der Waals surface area contributed by atoms with E-state index in [0.29, 0.717) is 18.8 Å². The molecule has 2 unspecified atom stereocenters. The van der Waals surface area contributed by atoms with Crippen LogP contribution in [0.15, 0.2) is 46.3 Å². The van der Waals surface area contributed by atoms with E-state index >= 15 is 4.39 Å². The van der Waals surface area contributed by atoms with Crippen molar-refractivity contribution in [3.05, 3.63) is 42.2 Å². The summed E-state index contributed by atoms with van der Waals surface area (Å²) in [5.74, 6) is -0.832. The molecule has 3 atom stereocenters. The summed E-state index contributed by atoms with van der Waals surface area (Å²) in [7, 11) is 0. The molecule has 0 radical (unpaired) electrons. The van der Waals surface area contributed by atoms with Gasteiger partial charge in [0.25, 0.3) is 11.8 Å². The lowest BCUT2D eigenvalue weighted by atomic mass is 10.0. The smallest absolute Gasteiger partial charge is 0.256 e. The van der Waals surface area contributed by atoms with Gasteiger partial charge in [-0.05, 0) is 25.1 Å². The first kappa shape index (κ1) is 22.6. The van der Waals surface area contributed by atoms with Crippen molar-refractivity contribution in [2.75, 3.05) is 37.7 Å². The third-order valence-corrected chi connectivity index (χ3v) is 6.01. The van der Waals surface area contributed by atoms with Gasteiger partial charge in [-0.15, -0.1) is 0 Å². The van der Waals surface area contributed by atoms with Crippen LogP contribution < -0.4 is 9.64 Å². The van der Waals surface area contributed by atoms with Gasteiger partial charge in [-0.25, -0.2) is 4.39 Å². The second-order valence-corrected chi connectivity index (χ2v) is 8.86. The Balaban J connectivity index is 1.22. The minimum Gasteiger partial charge on any atom is -0.471 e. The number of benzene rings is 1. The first-order valence-corrected chi connectivity index (χ1v) is 11.3. The molecular weight excluding hydrogens is 447 g/mol. The minimum absolute atomic E-state index is 0.0482. The molecule has 3 aliphatic rings. The van der Waals surface area contributed by atoms with Gasteiger partial charge in [0.15, 0.2) is 24.3 Å². The summed E-state index contributed by atoms with van der Waals surface area (Å²) in [5, 5.41) is 7.96. The SMILES string of the molecule is CC1(C)OC[C@@H](C(=O)N2CCN(c3ccccc3C3=NOC(COc4ccon4)C3)CC2F)O1. The highest BCUT2D eigenvalue weighted by Crippen LogP contribution is 2.30. The molecule has 1 aromatic carbocycles. The fourth-order valence-corrected chi connectivity index (χ4v) is 4.33. The predicted molar refractivity (Wildman–Crippen MR) is 118 cm³/mol. The maximum Gasteiger partial charge on any atom is 0.256 e. The van der Waals surface area contributed by atoms with Crippen molar-refractivity contribution >= 4 is 17.3 Å². The zero-order chi connectivity index (χ0) is 23.7. The quantitative estimate of drug-likeness (QED) is 0.589. The number of carbonyl (C=O) groups excluding carboxylic acids is 1. The molecule has 4 heterocycles. The van der Waals surface area contributed by atoms with E-state index in [0.717, 1.165) is 17.0 Å². The van der Waals surface area contributed by atoms with Crippen LogP contribution in [0.3, 0.4) is 0 Å². The number of carbonyl (C=O) groups is 1. The normalized spacial score (nSPS) is 26.3. The van der Waals surface area contributed by atoms with Gasteiger partial charge in [0.05, 0.1) is 18.9 Å². The van der Waals surface area contributed by atoms with Gasteiger partial charge < -0.3 is 33.4 Å². The van der Waals surface area contributed by atoms with Crippen LogP contribution >= 0.6 is 0 Å². The molecular formula is C23H27FN4O6. The van der Waals surface area contributed by atoms with Crippen LogP contribution in [-0.4, -0.2) is 78.8 Å². The van der Waals surface area contributed by atoms with Gasteiger partial charge >= 0.3 is 0 Å². The molecule has 2 aromatic rings. The number of alkyl halides is 1. The molecule has 0 aliphatic carbocycles. The number of piperazine rings is 1. The molecule has 2 fully saturated rings. The van der Waals surface area contributed by atoms with Gasteiger partial charge in [-0.1, -0.05) is 23.4 Å². The number of hydrogen-bond donors (Lipinski definition) is 0. The van der Waals surface area contributed by atoms with E-state index < -0.39 is 18.2 Å². The number of amides is 1. The fraction of sp³-hybridized carbons (Fsp3) is 0.522. The first-order chi connectivity index (χ1) is 16.4. The highest BCUT2D eigenvalue weighted by molar-refractivity contribution is 6.05. The second kappa shape index (κ2) is 9.22. The summed E-state index contributed by atoms with van der Waals surface area (Å²) in [6.45, 7) is 4.65. The maximum atomic E-state index is 15.2. The largest absolute Gasteiger partial charge is 0.471 e. The lowest BCUT2D eigenvalue weighted by Gasteiger charge is -2.40. The lowest BCUT2D eigenvalue weighted by molar-refractivity contribution is -0.164. The molecule has 3 aliphatic heterocycles. The van der Waals surface area contributed by atoms with Crippen LogP contribution in [0.25, 0.3) is 0 Å². The number of anilines is 1. The number of aromatic nitrogens is 1. The summed E-state index contributed by atoms with van der Waals surface area (Å²) in [4.78, 5) is 21.5.